The third kappa shape index (κ3) is 5.35. The fraction of sp³-hybridized carbons (Fsp3) is 0.375. The number of carbonyl (C=O) groups is 1. The van der Waals surface area contributed by atoms with Crippen molar-refractivity contribution in [2.24, 2.45) is 0 Å². The molecule has 3 N–H and O–H groups in total. The van der Waals surface area contributed by atoms with Gasteiger partial charge >= 0.3 is 0 Å². The molecule has 2 aromatic heterocycles. The first-order valence-electron chi connectivity index (χ1n) is 11.1. The molecule has 3 aromatic rings. The van der Waals surface area contributed by atoms with Crippen LogP contribution in [0.25, 0.3) is 11.3 Å². The highest BCUT2D eigenvalue weighted by molar-refractivity contribution is 5.94. The topological polar surface area (TPSA) is 121 Å². The highest BCUT2D eigenvalue weighted by Crippen LogP contribution is 2.29. The van der Waals surface area contributed by atoms with Gasteiger partial charge in [-0.15, -0.1) is 0 Å². The van der Waals surface area contributed by atoms with E-state index in [1.807, 2.05) is 49.2 Å². The molecule has 0 radical (unpaired) electrons. The first-order chi connectivity index (χ1) is 16.1. The van der Waals surface area contributed by atoms with Crippen LogP contribution in [0.5, 0.6) is 0 Å². The summed E-state index contributed by atoms with van der Waals surface area (Å²) < 4.78 is 2.04. The molecule has 2 heterocycles. The molecular weight excluding hydrogens is 416 g/mol. The Kier molecular flexibility index (Phi) is 6.95. The number of aryl methyl sites for hydroxylation is 1. The standard InChI is InChI=1S/C24H28N8O/c1-16-13-28-24(30-20-14-29-32(15-20)21-9-7-19(26-2)8-10-21)31-22(16)17-3-5-18(6-4-17)23(33)27-12-11-25/h3-6,13-15,19,21,26H,7-10,12H2,1-2H3,(H,27,33)(H,28,30,31). The molecule has 1 saturated carbocycles. The predicted octanol–water partition coefficient (Wildman–Crippen LogP) is 3.35. The molecule has 1 aliphatic carbocycles. The fourth-order valence-electron chi connectivity index (χ4n) is 4.16. The van der Waals surface area contributed by atoms with Gasteiger partial charge in [0.15, 0.2) is 0 Å². The number of carbonyl (C=O) groups excluding carboxylic acids is 1. The van der Waals surface area contributed by atoms with Gasteiger partial charge in [0.05, 0.1) is 29.7 Å². The summed E-state index contributed by atoms with van der Waals surface area (Å²) in [5.41, 5.74) is 3.94. The number of anilines is 2. The number of nitrogens with one attached hydrogen (secondary N) is 3. The summed E-state index contributed by atoms with van der Waals surface area (Å²) in [6, 6.07) is 10.1. The van der Waals surface area contributed by atoms with E-state index in [4.69, 9.17) is 10.2 Å². The van der Waals surface area contributed by atoms with Crippen LogP contribution < -0.4 is 16.0 Å². The quantitative estimate of drug-likeness (QED) is 0.478. The van der Waals surface area contributed by atoms with Gasteiger partial charge in [-0.25, -0.2) is 9.97 Å². The zero-order chi connectivity index (χ0) is 23.2. The van der Waals surface area contributed by atoms with Gasteiger partial charge in [-0.3, -0.25) is 9.48 Å². The predicted molar refractivity (Wildman–Crippen MR) is 126 cm³/mol. The zero-order valence-corrected chi connectivity index (χ0v) is 18.9. The average molecular weight is 445 g/mol. The fourth-order valence-corrected chi connectivity index (χ4v) is 4.16. The van der Waals surface area contributed by atoms with Crippen molar-refractivity contribution in [3.8, 4) is 17.3 Å². The summed E-state index contributed by atoms with van der Waals surface area (Å²) in [5, 5.41) is 22.3. The summed E-state index contributed by atoms with van der Waals surface area (Å²) in [6.07, 6.45) is 10.1. The number of nitrogens with zero attached hydrogens (tertiary/aromatic N) is 5. The lowest BCUT2D eigenvalue weighted by atomic mass is 9.91. The maximum Gasteiger partial charge on any atom is 0.252 e. The van der Waals surface area contributed by atoms with Crippen LogP contribution in [-0.4, -0.2) is 45.3 Å². The second-order valence-corrected chi connectivity index (χ2v) is 8.27. The summed E-state index contributed by atoms with van der Waals surface area (Å²) in [4.78, 5) is 21.1. The molecule has 0 bridgehead atoms. The van der Waals surface area contributed by atoms with Crippen LogP contribution in [0.15, 0.2) is 42.9 Å². The van der Waals surface area contributed by atoms with Crippen molar-refractivity contribution in [2.45, 2.75) is 44.7 Å². The molecule has 1 fully saturated rings. The highest BCUT2D eigenvalue weighted by Gasteiger charge is 2.22. The number of amides is 1. The van der Waals surface area contributed by atoms with E-state index in [2.05, 4.69) is 26.0 Å². The van der Waals surface area contributed by atoms with Crippen molar-refractivity contribution in [3.63, 3.8) is 0 Å². The molecule has 0 aliphatic heterocycles. The Labute approximate surface area is 193 Å². The summed E-state index contributed by atoms with van der Waals surface area (Å²) >= 11 is 0. The van der Waals surface area contributed by atoms with Crippen molar-refractivity contribution in [1.29, 1.82) is 5.26 Å². The third-order valence-electron chi connectivity index (χ3n) is 6.06. The Morgan fingerprint density at radius 2 is 1.94 bits per heavy atom. The number of hydrogen-bond donors (Lipinski definition) is 3. The van der Waals surface area contributed by atoms with Crippen LogP contribution in [-0.2, 0) is 0 Å². The number of aromatic nitrogens is 4. The van der Waals surface area contributed by atoms with Gasteiger partial charge in [-0.1, -0.05) is 12.1 Å². The zero-order valence-electron chi connectivity index (χ0n) is 18.9. The van der Waals surface area contributed by atoms with E-state index in [1.54, 1.807) is 18.3 Å². The van der Waals surface area contributed by atoms with Gasteiger partial charge < -0.3 is 16.0 Å². The number of hydrogen-bond acceptors (Lipinski definition) is 7. The normalized spacial score (nSPS) is 17.8. The largest absolute Gasteiger partial charge is 0.339 e. The Morgan fingerprint density at radius 1 is 1.18 bits per heavy atom. The monoisotopic (exact) mass is 444 g/mol. The Hall–Kier alpha value is -3.77. The van der Waals surface area contributed by atoms with Crippen molar-refractivity contribution >= 4 is 17.5 Å². The van der Waals surface area contributed by atoms with Gasteiger partial charge in [0.1, 0.15) is 6.54 Å². The van der Waals surface area contributed by atoms with E-state index in [9.17, 15) is 4.79 Å². The minimum absolute atomic E-state index is 0.0194. The highest BCUT2D eigenvalue weighted by atomic mass is 16.1. The second-order valence-electron chi connectivity index (χ2n) is 8.27. The van der Waals surface area contributed by atoms with Crippen molar-refractivity contribution in [2.75, 3.05) is 18.9 Å². The lowest BCUT2D eigenvalue weighted by Crippen LogP contribution is -2.31. The van der Waals surface area contributed by atoms with E-state index in [1.165, 1.54) is 0 Å². The first kappa shape index (κ1) is 22.4. The molecule has 9 heteroatoms. The number of nitriles is 1. The molecule has 1 aliphatic rings. The van der Waals surface area contributed by atoms with Gasteiger partial charge in [0, 0.05) is 29.6 Å². The van der Waals surface area contributed by atoms with Crippen LogP contribution >= 0.6 is 0 Å². The van der Waals surface area contributed by atoms with Crippen LogP contribution in [0.2, 0.25) is 0 Å². The third-order valence-corrected chi connectivity index (χ3v) is 6.06. The molecule has 33 heavy (non-hydrogen) atoms. The van der Waals surface area contributed by atoms with E-state index in [-0.39, 0.29) is 12.5 Å². The second kappa shape index (κ2) is 10.2. The van der Waals surface area contributed by atoms with E-state index in [0.717, 1.165) is 48.2 Å². The molecule has 1 amide bonds. The van der Waals surface area contributed by atoms with Crippen LogP contribution in [0, 0.1) is 18.3 Å². The summed E-state index contributed by atoms with van der Waals surface area (Å²) in [6.45, 7) is 1.93. The van der Waals surface area contributed by atoms with Gasteiger partial charge in [-0.2, -0.15) is 10.4 Å². The maximum atomic E-state index is 12.0. The van der Waals surface area contributed by atoms with Gasteiger partial charge in [0.25, 0.3) is 5.91 Å². The van der Waals surface area contributed by atoms with E-state index < -0.39 is 0 Å². The lowest BCUT2D eigenvalue weighted by Gasteiger charge is -2.28. The maximum absolute atomic E-state index is 12.0. The van der Waals surface area contributed by atoms with Crippen molar-refractivity contribution in [1.82, 2.24) is 30.4 Å². The minimum Gasteiger partial charge on any atom is -0.339 e. The van der Waals surface area contributed by atoms with Crippen molar-refractivity contribution < 1.29 is 4.79 Å². The Morgan fingerprint density at radius 3 is 2.64 bits per heavy atom. The minimum atomic E-state index is -0.277. The number of benzene rings is 1. The Balaban J connectivity index is 1.45. The molecule has 0 atom stereocenters. The smallest absolute Gasteiger partial charge is 0.252 e. The molecule has 4 rings (SSSR count). The molecule has 1 aromatic carbocycles. The van der Waals surface area contributed by atoms with Crippen molar-refractivity contribution in [3.05, 3.63) is 54.0 Å². The van der Waals surface area contributed by atoms with Gasteiger partial charge in [0.2, 0.25) is 5.95 Å². The summed E-state index contributed by atoms with van der Waals surface area (Å²) in [7, 11) is 2.03. The summed E-state index contributed by atoms with van der Waals surface area (Å²) in [5.74, 6) is 0.214. The number of rotatable bonds is 7. The average Bonchev–Trinajstić information content (AvgIpc) is 3.32. The molecular formula is C24H28N8O. The molecule has 0 saturated heterocycles. The first-order valence-corrected chi connectivity index (χ1v) is 11.1. The van der Waals surface area contributed by atoms with E-state index in [0.29, 0.717) is 23.6 Å². The lowest BCUT2D eigenvalue weighted by molar-refractivity contribution is 0.0958. The SMILES string of the molecule is CNC1CCC(n2cc(Nc3ncc(C)c(-c4ccc(C(=O)NCC#N)cc4)n3)cn2)CC1. The van der Waals surface area contributed by atoms with Crippen LogP contribution in [0.1, 0.15) is 47.6 Å². The molecule has 0 spiro atoms. The Bertz CT molecular complexity index is 1140. The molecule has 170 valence electrons. The van der Waals surface area contributed by atoms with Gasteiger partial charge in [-0.05, 0) is 57.4 Å². The van der Waals surface area contributed by atoms with E-state index >= 15 is 0 Å². The molecule has 9 nitrogen and oxygen atoms in total. The molecule has 0 unspecified atom stereocenters. The van der Waals surface area contributed by atoms with Crippen LogP contribution in [0.4, 0.5) is 11.6 Å². The van der Waals surface area contributed by atoms with Crippen LogP contribution in [0.3, 0.4) is 0 Å².